The van der Waals surface area contributed by atoms with Crippen molar-refractivity contribution in [2.24, 2.45) is 5.41 Å². The van der Waals surface area contributed by atoms with E-state index in [4.69, 9.17) is 7.16 Å². The van der Waals surface area contributed by atoms with Crippen LogP contribution in [0.3, 0.4) is 0 Å². The molecule has 5 aromatic rings. The van der Waals surface area contributed by atoms with Crippen LogP contribution in [0.1, 0.15) is 34.1 Å². The van der Waals surface area contributed by atoms with Crippen molar-refractivity contribution in [1.29, 1.82) is 0 Å². The summed E-state index contributed by atoms with van der Waals surface area (Å²) in [6.45, 7) is 7.80. The first kappa shape index (κ1) is 15.3. The molecule has 5 rings (SSSR count). The lowest BCUT2D eigenvalue weighted by Gasteiger charge is -2.16. The van der Waals surface area contributed by atoms with Crippen LogP contribution < -0.4 is 0 Å². The molecule has 0 saturated carbocycles. The first-order valence-electron chi connectivity index (χ1n) is 10.5. The number of rotatable bonds is 2. The van der Waals surface area contributed by atoms with Gasteiger partial charge in [-0.15, -0.1) is 11.3 Å². The Morgan fingerprint density at radius 3 is 2.71 bits per heavy atom. The molecule has 3 heteroatoms. The maximum atomic E-state index is 8.61. The SMILES string of the molecule is [2H]C([2H])(c1cc2cc(-c3cccc4c3oc3nc(C)ccc34)ccc2s1)C(C)(C)C. The van der Waals surface area contributed by atoms with E-state index in [-0.39, 0.29) is 0 Å². The van der Waals surface area contributed by atoms with E-state index in [0.717, 1.165) is 48.1 Å². The molecule has 0 unspecified atom stereocenters. The van der Waals surface area contributed by atoms with E-state index in [1.54, 1.807) is 0 Å². The number of nitrogens with zero attached hydrogens (tertiary/aromatic N) is 1. The van der Waals surface area contributed by atoms with Gasteiger partial charge in [0.2, 0.25) is 5.71 Å². The van der Waals surface area contributed by atoms with Gasteiger partial charge in [-0.2, -0.15) is 0 Å². The molecule has 28 heavy (non-hydrogen) atoms. The minimum absolute atomic E-state index is 0.471. The molecule has 0 bridgehead atoms. The van der Waals surface area contributed by atoms with Gasteiger partial charge in [-0.1, -0.05) is 45.0 Å². The third-order valence-electron chi connectivity index (χ3n) is 4.83. The molecular formula is C25H23NOS. The summed E-state index contributed by atoms with van der Waals surface area (Å²) in [4.78, 5) is 5.31. The van der Waals surface area contributed by atoms with Crippen LogP contribution in [0.15, 0.2) is 59.0 Å². The Kier molecular flexibility index (Phi) is 3.38. The standard InChI is InChI=1S/C25H23NOS/c1-15-8-10-21-20-7-5-6-19(23(20)27-24(21)26-15)16-9-11-22-17(12-16)13-18(28-22)14-25(2,3)4/h5-13H,14H2,1-4H3/i14D2. The van der Waals surface area contributed by atoms with Gasteiger partial charge in [0.05, 0.1) is 0 Å². The van der Waals surface area contributed by atoms with Crippen LogP contribution >= 0.6 is 11.3 Å². The molecule has 0 saturated heterocycles. The third kappa shape index (κ3) is 3.00. The minimum atomic E-state index is -1.39. The highest BCUT2D eigenvalue weighted by Gasteiger charge is 2.16. The molecule has 0 spiro atoms. The highest BCUT2D eigenvalue weighted by molar-refractivity contribution is 7.19. The van der Waals surface area contributed by atoms with Crippen molar-refractivity contribution in [3.05, 3.63) is 65.2 Å². The average Bonchev–Trinajstić information content (AvgIpc) is 3.27. The van der Waals surface area contributed by atoms with E-state index in [9.17, 15) is 0 Å². The lowest BCUT2D eigenvalue weighted by molar-refractivity contribution is 0.415. The number of aromatic nitrogens is 1. The van der Waals surface area contributed by atoms with Gasteiger partial charge in [-0.05, 0) is 60.0 Å². The summed E-state index contributed by atoms with van der Waals surface area (Å²) in [6, 6.07) is 18.6. The monoisotopic (exact) mass is 387 g/mol. The van der Waals surface area contributed by atoms with Crippen molar-refractivity contribution in [3.8, 4) is 11.1 Å². The number of thiophene rings is 1. The van der Waals surface area contributed by atoms with E-state index in [0.29, 0.717) is 5.71 Å². The van der Waals surface area contributed by atoms with Gasteiger partial charge in [0.15, 0.2) is 0 Å². The second-order valence-corrected chi connectivity index (χ2v) is 9.41. The Balaban J connectivity index is 1.68. The van der Waals surface area contributed by atoms with E-state index in [1.807, 2.05) is 45.9 Å². The second kappa shape index (κ2) is 6.18. The van der Waals surface area contributed by atoms with Crippen LogP contribution in [-0.2, 0) is 6.37 Å². The lowest BCUT2D eigenvalue weighted by Crippen LogP contribution is -2.07. The highest BCUT2D eigenvalue weighted by Crippen LogP contribution is 2.38. The molecule has 140 valence electrons. The third-order valence-corrected chi connectivity index (χ3v) is 5.86. The summed E-state index contributed by atoms with van der Waals surface area (Å²) in [5.74, 6) is 0. The number of furan rings is 1. The fraction of sp³-hybridized carbons (Fsp3) is 0.240. The molecule has 2 aromatic carbocycles. The zero-order chi connectivity index (χ0) is 21.3. The van der Waals surface area contributed by atoms with Crippen LogP contribution in [0.2, 0.25) is 0 Å². The largest absolute Gasteiger partial charge is 0.437 e. The summed E-state index contributed by atoms with van der Waals surface area (Å²) in [6.07, 6.45) is -1.39. The Morgan fingerprint density at radius 2 is 1.89 bits per heavy atom. The number of hydrogen-bond donors (Lipinski definition) is 0. The zero-order valence-corrected chi connectivity index (χ0v) is 17.3. The maximum Gasteiger partial charge on any atom is 0.227 e. The molecule has 3 heterocycles. The van der Waals surface area contributed by atoms with E-state index < -0.39 is 11.8 Å². The average molecular weight is 388 g/mol. The lowest BCUT2D eigenvalue weighted by atomic mass is 9.91. The van der Waals surface area contributed by atoms with Gasteiger partial charge in [0, 0.05) is 34.3 Å². The molecule has 0 aliphatic heterocycles. The van der Waals surface area contributed by atoms with Gasteiger partial charge in [-0.3, -0.25) is 0 Å². The first-order chi connectivity index (χ1) is 14.1. The van der Waals surface area contributed by atoms with Crippen LogP contribution in [0.5, 0.6) is 0 Å². The van der Waals surface area contributed by atoms with Crippen LogP contribution in [0, 0.1) is 12.3 Å². The number of pyridine rings is 1. The van der Waals surface area contributed by atoms with Crippen molar-refractivity contribution in [2.45, 2.75) is 34.1 Å². The van der Waals surface area contributed by atoms with Gasteiger partial charge in [-0.25, -0.2) is 4.98 Å². The number of fused-ring (bicyclic) bond motifs is 4. The van der Waals surface area contributed by atoms with Crippen molar-refractivity contribution in [2.75, 3.05) is 0 Å². The van der Waals surface area contributed by atoms with Crippen LogP contribution in [-0.4, -0.2) is 4.98 Å². The molecular weight excluding hydrogens is 362 g/mol. The predicted octanol–water partition coefficient (Wildman–Crippen LogP) is 7.76. The molecule has 0 fully saturated rings. The fourth-order valence-electron chi connectivity index (χ4n) is 3.64. The van der Waals surface area contributed by atoms with Crippen LogP contribution in [0.25, 0.3) is 43.3 Å². The Labute approximate surface area is 171 Å². The van der Waals surface area contributed by atoms with E-state index >= 15 is 0 Å². The zero-order valence-electron chi connectivity index (χ0n) is 18.5. The fourth-order valence-corrected chi connectivity index (χ4v) is 4.79. The Bertz CT molecular complexity index is 1420. The normalized spacial score (nSPS) is 14.0. The summed E-state index contributed by atoms with van der Waals surface area (Å²) in [7, 11) is 0. The van der Waals surface area contributed by atoms with Crippen molar-refractivity contribution in [3.63, 3.8) is 0 Å². The molecule has 0 aliphatic rings. The number of para-hydroxylation sites is 1. The highest BCUT2D eigenvalue weighted by atomic mass is 32.1. The number of hydrogen-bond acceptors (Lipinski definition) is 3. The van der Waals surface area contributed by atoms with E-state index in [2.05, 4.69) is 41.4 Å². The summed E-state index contributed by atoms with van der Waals surface area (Å²) in [5.41, 5.74) is 4.05. The molecule has 0 aliphatic carbocycles. The van der Waals surface area contributed by atoms with Gasteiger partial charge >= 0.3 is 0 Å². The van der Waals surface area contributed by atoms with Crippen molar-refractivity contribution in [1.82, 2.24) is 4.98 Å². The maximum absolute atomic E-state index is 8.61. The summed E-state index contributed by atoms with van der Waals surface area (Å²) in [5, 5.41) is 3.14. The molecule has 0 amide bonds. The second-order valence-electron chi connectivity index (χ2n) is 8.33. The molecule has 0 atom stereocenters. The quantitative estimate of drug-likeness (QED) is 0.309. The number of aryl methyl sites for hydroxylation is 1. The summed E-state index contributed by atoms with van der Waals surface area (Å²) >= 11 is 1.54. The Morgan fingerprint density at radius 1 is 1.04 bits per heavy atom. The molecule has 0 N–H and O–H groups in total. The van der Waals surface area contributed by atoms with Crippen molar-refractivity contribution < 1.29 is 7.16 Å². The minimum Gasteiger partial charge on any atom is -0.437 e. The van der Waals surface area contributed by atoms with Crippen LogP contribution in [0.4, 0.5) is 0 Å². The summed E-state index contributed by atoms with van der Waals surface area (Å²) < 4.78 is 24.5. The smallest absolute Gasteiger partial charge is 0.227 e. The first-order valence-corrected chi connectivity index (χ1v) is 10.3. The predicted molar refractivity (Wildman–Crippen MR) is 120 cm³/mol. The topological polar surface area (TPSA) is 26.0 Å². The number of benzene rings is 2. The van der Waals surface area contributed by atoms with E-state index in [1.165, 1.54) is 11.3 Å². The van der Waals surface area contributed by atoms with Gasteiger partial charge < -0.3 is 4.42 Å². The van der Waals surface area contributed by atoms with Gasteiger partial charge in [0.1, 0.15) is 5.58 Å². The Hall–Kier alpha value is -2.65. The van der Waals surface area contributed by atoms with Crippen molar-refractivity contribution >= 4 is 43.5 Å². The molecule has 2 nitrogen and oxygen atoms in total. The molecule has 0 radical (unpaired) electrons. The van der Waals surface area contributed by atoms with Gasteiger partial charge in [0.25, 0.3) is 0 Å². The molecule has 3 aromatic heterocycles.